The zero-order chi connectivity index (χ0) is 30.4. The van der Waals surface area contributed by atoms with E-state index < -0.39 is 23.8 Å². The molecule has 11 nitrogen and oxygen atoms in total. The molecule has 3 heterocycles. The molecule has 4 rings (SSSR count). The highest BCUT2D eigenvalue weighted by atomic mass is 16.7. The number of likely N-dealkylation sites (tertiary alicyclic amines) is 2. The number of hydrogen-bond acceptors (Lipinski definition) is 8. The minimum Gasteiger partial charge on any atom is -0.481 e. The maximum atomic E-state index is 13.7. The Balaban J connectivity index is 1.62. The summed E-state index contributed by atoms with van der Waals surface area (Å²) in [6.45, 7) is 9.39. The summed E-state index contributed by atoms with van der Waals surface area (Å²) in [6.07, 6.45) is 4.44. The van der Waals surface area contributed by atoms with Crippen LogP contribution in [0.4, 0.5) is 0 Å². The lowest BCUT2D eigenvalue weighted by Crippen LogP contribution is -2.46. The maximum absolute atomic E-state index is 13.7. The Morgan fingerprint density at radius 2 is 1.93 bits per heavy atom. The van der Waals surface area contributed by atoms with Crippen LogP contribution in [0.5, 0.6) is 11.5 Å². The molecule has 0 aliphatic carbocycles. The van der Waals surface area contributed by atoms with Gasteiger partial charge < -0.3 is 35.2 Å². The Morgan fingerprint density at radius 3 is 2.57 bits per heavy atom. The molecule has 0 saturated carbocycles. The molecular weight excluding hydrogens is 540 g/mol. The summed E-state index contributed by atoms with van der Waals surface area (Å²) in [5, 5.41) is 20.6. The quantitative estimate of drug-likeness (QED) is 0.263. The molecule has 0 radical (unpaired) electrons. The third kappa shape index (κ3) is 7.36. The Hall–Kier alpha value is -2.89. The number of amides is 2. The molecule has 2 amide bonds. The summed E-state index contributed by atoms with van der Waals surface area (Å²) in [6, 6.07) is 3.15. The number of aliphatic carboxylic acids is 1. The van der Waals surface area contributed by atoms with Gasteiger partial charge in [-0.2, -0.15) is 0 Å². The molecule has 3 aliphatic rings. The van der Waals surface area contributed by atoms with Crippen LogP contribution >= 0.6 is 0 Å². The van der Waals surface area contributed by atoms with E-state index in [1.165, 1.54) is 0 Å². The molecule has 0 bridgehead atoms. The number of ether oxygens (including phenoxy) is 2. The number of hydrogen-bond donors (Lipinski definition) is 3. The number of nitrogens with zero attached hydrogens (tertiary/aromatic N) is 3. The number of carboxylic acids is 1. The van der Waals surface area contributed by atoms with E-state index in [0.717, 1.165) is 31.2 Å². The van der Waals surface area contributed by atoms with Crippen LogP contribution in [0.3, 0.4) is 0 Å². The van der Waals surface area contributed by atoms with Gasteiger partial charge in [0.1, 0.15) is 0 Å². The third-order valence-electron chi connectivity index (χ3n) is 8.85. The van der Waals surface area contributed by atoms with Crippen LogP contribution in [-0.2, 0) is 21.0 Å². The predicted molar refractivity (Wildman–Crippen MR) is 157 cm³/mol. The van der Waals surface area contributed by atoms with Gasteiger partial charge in [-0.1, -0.05) is 27.2 Å². The lowest BCUT2D eigenvalue weighted by molar-refractivity contribution is -0.144. The minimum atomic E-state index is -0.943. The zero-order valence-corrected chi connectivity index (χ0v) is 25.3. The second-order valence-corrected chi connectivity index (χ2v) is 12.7. The van der Waals surface area contributed by atoms with Crippen LogP contribution in [0.25, 0.3) is 0 Å². The van der Waals surface area contributed by atoms with Crippen molar-refractivity contribution >= 4 is 17.8 Å². The second-order valence-electron chi connectivity index (χ2n) is 12.7. The monoisotopic (exact) mass is 588 g/mol. The molecule has 0 aromatic heterocycles. The molecule has 234 valence electrons. The first-order valence-electron chi connectivity index (χ1n) is 15.3. The van der Waals surface area contributed by atoms with Crippen LogP contribution in [0.2, 0.25) is 0 Å². The molecular formula is C31H48N4O7. The molecule has 1 aromatic carbocycles. The van der Waals surface area contributed by atoms with E-state index in [1.807, 2.05) is 14.7 Å². The number of aliphatic hydroxyl groups excluding tert-OH is 1. The van der Waals surface area contributed by atoms with Crippen LogP contribution in [0, 0.1) is 11.3 Å². The normalized spacial score (nSPS) is 23.1. The van der Waals surface area contributed by atoms with E-state index >= 15 is 0 Å². The highest BCUT2D eigenvalue weighted by molar-refractivity contribution is 5.80. The summed E-state index contributed by atoms with van der Waals surface area (Å²) in [7, 11) is 0. The van der Waals surface area contributed by atoms with Crippen molar-refractivity contribution in [3.05, 3.63) is 23.3 Å². The van der Waals surface area contributed by atoms with Crippen LogP contribution in [-0.4, -0.2) is 101 Å². The smallest absolute Gasteiger partial charge is 0.308 e. The number of carbonyl (C=O) groups is 3. The van der Waals surface area contributed by atoms with Crippen molar-refractivity contribution < 1.29 is 34.1 Å². The van der Waals surface area contributed by atoms with Crippen molar-refractivity contribution in [1.29, 1.82) is 0 Å². The number of aliphatic hydroxyl groups is 1. The number of carbonyl (C=O) groups excluding carboxylic acids is 2. The molecule has 4 N–H and O–H groups in total. The van der Waals surface area contributed by atoms with Crippen molar-refractivity contribution in [2.45, 2.75) is 77.9 Å². The van der Waals surface area contributed by atoms with Gasteiger partial charge in [-0.3, -0.25) is 19.3 Å². The van der Waals surface area contributed by atoms with E-state index in [1.54, 1.807) is 12.1 Å². The Labute approximate surface area is 248 Å². The zero-order valence-electron chi connectivity index (χ0n) is 25.3. The van der Waals surface area contributed by atoms with E-state index in [0.29, 0.717) is 69.2 Å². The van der Waals surface area contributed by atoms with Crippen molar-refractivity contribution in [2.75, 3.05) is 52.6 Å². The number of benzene rings is 1. The highest BCUT2D eigenvalue weighted by Gasteiger charge is 2.48. The number of rotatable bonds is 15. The molecule has 11 heteroatoms. The molecule has 1 aromatic rings. The fourth-order valence-corrected chi connectivity index (χ4v) is 6.73. The Morgan fingerprint density at radius 1 is 1.17 bits per heavy atom. The molecule has 42 heavy (non-hydrogen) atoms. The largest absolute Gasteiger partial charge is 0.481 e. The Kier molecular flexibility index (Phi) is 10.7. The summed E-state index contributed by atoms with van der Waals surface area (Å²) in [5.74, 6) is -1.16. The summed E-state index contributed by atoms with van der Waals surface area (Å²) in [4.78, 5) is 45.0. The highest BCUT2D eigenvalue weighted by Crippen LogP contribution is 2.44. The Bertz CT molecular complexity index is 1130. The van der Waals surface area contributed by atoms with Gasteiger partial charge >= 0.3 is 5.97 Å². The van der Waals surface area contributed by atoms with Crippen molar-refractivity contribution in [3.8, 4) is 11.5 Å². The molecule has 0 spiro atoms. The van der Waals surface area contributed by atoms with Gasteiger partial charge in [0, 0.05) is 56.7 Å². The summed E-state index contributed by atoms with van der Waals surface area (Å²) < 4.78 is 11.1. The fourth-order valence-electron chi connectivity index (χ4n) is 6.73. The second kappa shape index (κ2) is 14.1. The van der Waals surface area contributed by atoms with E-state index in [9.17, 15) is 24.6 Å². The number of unbranched alkanes of at least 4 members (excludes halogenated alkanes) is 2. The summed E-state index contributed by atoms with van der Waals surface area (Å²) >= 11 is 0. The molecule has 2 saturated heterocycles. The van der Waals surface area contributed by atoms with Crippen LogP contribution in [0.1, 0.15) is 76.3 Å². The van der Waals surface area contributed by atoms with Gasteiger partial charge in [0.05, 0.1) is 19.1 Å². The third-order valence-corrected chi connectivity index (χ3v) is 8.85. The van der Waals surface area contributed by atoms with Gasteiger partial charge in [0.15, 0.2) is 11.5 Å². The van der Waals surface area contributed by atoms with Crippen molar-refractivity contribution in [1.82, 2.24) is 14.7 Å². The fraction of sp³-hybridized carbons (Fsp3) is 0.710. The van der Waals surface area contributed by atoms with E-state index in [-0.39, 0.29) is 37.2 Å². The topological polar surface area (TPSA) is 146 Å². The molecule has 3 atom stereocenters. The van der Waals surface area contributed by atoms with Crippen LogP contribution in [0.15, 0.2) is 12.1 Å². The first-order chi connectivity index (χ1) is 20.1. The average molecular weight is 589 g/mol. The summed E-state index contributed by atoms with van der Waals surface area (Å²) in [5.41, 5.74) is 6.86. The first kappa shape index (κ1) is 32.0. The molecule has 2 fully saturated rings. The minimum absolute atomic E-state index is 0.0182. The van der Waals surface area contributed by atoms with Gasteiger partial charge in [-0.15, -0.1) is 0 Å². The van der Waals surface area contributed by atoms with E-state index in [2.05, 4.69) is 20.8 Å². The average Bonchev–Trinajstić information content (AvgIpc) is 3.63. The lowest BCUT2D eigenvalue weighted by Gasteiger charge is -2.31. The maximum Gasteiger partial charge on any atom is 0.308 e. The SMILES string of the molecule is CCCCN(CCCCN)C(=O)CN1C[C@H](c2cc(CO)c3c(c2)OCO3)[C@@H](C(=O)O)[C@@H]1CCN1CC(C)(C)CC1=O. The van der Waals surface area contributed by atoms with Crippen molar-refractivity contribution in [2.24, 2.45) is 17.1 Å². The standard InChI is InChI=1S/C31H48N4O7/c1-4-5-10-33(11-7-6-9-32)27(38)17-35-16-23(21-13-22(18-36)29-25(14-21)41-20-42-29)28(30(39)40)24(35)8-12-34-19-31(2,3)15-26(34)37/h13-14,23-24,28,36H,4-12,15-20,32H2,1-3H3,(H,39,40)/t23-,24+,28-/m1/s1. The van der Waals surface area contributed by atoms with Crippen LogP contribution < -0.4 is 15.2 Å². The van der Waals surface area contributed by atoms with Gasteiger partial charge in [0.25, 0.3) is 0 Å². The number of fused-ring (bicyclic) bond motifs is 1. The van der Waals surface area contributed by atoms with Gasteiger partial charge in [0.2, 0.25) is 18.6 Å². The molecule has 0 unspecified atom stereocenters. The predicted octanol–water partition coefficient (Wildman–Crippen LogP) is 2.39. The van der Waals surface area contributed by atoms with Gasteiger partial charge in [-0.25, -0.2) is 0 Å². The van der Waals surface area contributed by atoms with Crippen molar-refractivity contribution in [3.63, 3.8) is 0 Å². The first-order valence-corrected chi connectivity index (χ1v) is 15.3. The lowest BCUT2D eigenvalue weighted by atomic mass is 9.83. The molecule has 3 aliphatic heterocycles. The number of nitrogens with two attached hydrogens (primary N) is 1. The number of carboxylic acid groups (broad SMARTS) is 1. The van der Waals surface area contributed by atoms with E-state index in [4.69, 9.17) is 15.2 Å². The van der Waals surface area contributed by atoms with Gasteiger partial charge in [-0.05, 0) is 55.3 Å².